The average molecular weight is 196 g/mol. The molecule has 0 aromatic rings. The Hall–Kier alpha value is -0.600. The molecule has 0 aliphatic carbocycles. The number of hydrogen-bond donors (Lipinski definition) is 1. The van der Waals surface area contributed by atoms with Gasteiger partial charge in [-0.1, -0.05) is 31.9 Å². The van der Waals surface area contributed by atoms with Gasteiger partial charge < -0.3 is 5.73 Å². The molecule has 0 amide bonds. The van der Waals surface area contributed by atoms with E-state index in [1.165, 1.54) is 12.8 Å². The van der Waals surface area contributed by atoms with Crippen LogP contribution in [0.3, 0.4) is 0 Å². The van der Waals surface area contributed by atoms with Gasteiger partial charge in [0.1, 0.15) is 0 Å². The van der Waals surface area contributed by atoms with Crippen molar-refractivity contribution in [3.63, 3.8) is 0 Å². The number of nitrogens with zero attached hydrogens (tertiary/aromatic N) is 1. The minimum Gasteiger partial charge on any atom is -0.327 e. The van der Waals surface area contributed by atoms with Crippen molar-refractivity contribution in [2.24, 2.45) is 5.73 Å². The molecule has 0 aliphatic heterocycles. The third kappa shape index (κ3) is 6.87. The summed E-state index contributed by atoms with van der Waals surface area (Å²) in [5.74, 6) is 0. The highest BCUT2D eigenvalue weighted by atomic mass is 15.1. The molecule has 0 rings (SSSR count). The Bertz CT molecular complexity index is 144. The van der Waals surface area contributed by atoms with E-state index in [4.69, 9.17) is 5.73 Å². The van der Waals surface area contributed by atoms with Crippen molar-refractivity contribution in [3.8, 4) is 0 Å². The van der Waals surface area contributed by atoms with Gasteiger partial charge in [0, 0.05) is 25.7 Å². The smallest absolute Gasteiger partial charge is 0.0168 e. The number of rotatable bonds is 9. The maximum Gasteiger partial charge on any atom is 0.0168 e. The summed E-state index contributed by atoms with van der Waals surface area (Å²) in [5.41, 5.74) is 6.01. The van der Waals surface area contributed by atoms with E-state index in [0.717, 1.165) is 26.1 Å². The minimum atomic E-state index is 0.287. The van der Waals surface area contributed by atoms with Crippen molar-refractivity contribution in [2.75, 3.05) is 19.6 Å². The van der Waals surface area contributed by atoms with Crippen LogP contribution in [0.15, 0.2) is 25.3 Å². The van der Waals surface area contributed by atoms with Crippen molar-refractivity contribution in [1.82, 2.24) is 4.90 Å². The van der Waals surface area contributed by atoms with Crippen LogP contribution in [-0.2, 0) is 0 Å². The molecular formula is C12H24N2. The first kappa shape index (κ1) is 13.4. The highest BCUT2D eigenvalue weighted by Gasteiger charge is 2.07. The molecule has 0 radical (unpaired) electrons. The monoisotopic (exact) mass is 196 g/mol. The van der Waals surface area contributed by atoms with E-state index in [-0.39, 0.29) is 6.04 Å². The Morgan fingerprint density at radius 3 is 2.29 bits per heavy atom. The second-order valence-corrected chi connectivity index (χ2v) is 3.70. The predicted molar refractivity (Wildman–Crippen MR) is 64.3 cm³/mol. The van der Waals surface area contributed by atoms with Gasteiger partial charge in [0.2, 0.25) is 0 Å². The molecule has 0 aromatic heterocycles. The average Bonchev–Trinajstić information content (AvgIpc) is 2.15. The van der Waals surface area contributed by atoms with Gasteiger partial charge in [-0.25, -0.2) is 0 Å². The summed E-state index contributed by atoms with van der Waals surface area (Å²) in [6.45, 7) is 12.4. The van der Waals surface area contributed by atoms with Crippen LogP contribution >= 0.6 is 0 Å². The number of unbranched alkanes of at least 4 members (excludes halogenated alkanes) is 1. The second-order valence-electron chi connectivity index (χ2n) is 3.70. The summed E-state index contributed by atoms with van der Waals surface area (Å²) >= 11 is 0. The quantitative estimate of drug-likeness (QED) is 0.573. The maximum absolute atomic E-state index is 6.01. The molecule has 2 nitrogen and oxygen atoms in total. The molecule has 0 aromatic carbocycles. The molecule has 14 heavy (non-hydrogen) atoms. The van der Waals surface area contributed by atoms with Crippen molar-refractivity contribution >= 4 is 0 Å². The summed E-state index contributed by atoms with van der Waals surface area (Å²) in [6, 6.07) is 0.287. The fraction of sp³-hybridized carbons (Fsp3) is 0.667. The molecule has 1 unspecified atom stereocenters. The zero-order valence-corrected chi connectivity index (χ0v) is 9.41. The van der Waals surface area contributed by atoms with E-state index >= 15 is 0 Å². The number of nitrogens with two attached hydrogens (primary N) is 1. The normalized spacial score (nSPS) is 12.8. The Labute approximate surface area is 88.5 Å². The van der Waals surface area contributed by atoms with Crippen LogP contribution in [-0.4, -0.2) is 30.6 Å². The molecule has 2 heteroatoms. The second kappa shape index (κ2) is 8.97. The molecule has 0 spiro atoms. The van der Waals surface area contributed by atoms with E-state index < -0.39 is 0 Å². The standard InChI is InChI=1S/C12H24N2/c1-4-7-8-12(13)11-14(9-5-2)10-6-3/h5-6,12H,2-4,7-11,13H2,1H3. The van der Waals surface area contributed by atoms with Crippen molar-refractivity contribution in [1.29, 1.82) is 0 Å². The summed E-state index contributed by atoms with van der Waals surface area (Å²) in [4.78, 5) is 2.26. The molecular weight excluding hydrogens is 172 g/mol. The van der Waals surface area contributed by atoms with Gasteiger partial charge >= 0.3 is 0 Å². The van der Waals surface area contributed by atoms with Gasteiger partial charge in [-0.15, -0.1) is 13.2 Å². The largest absolute Gasteiger partial charge is 0.327 e. The molecule has 0 saturated heterocycles. The summed E-state index contributed by atoms with van der Waals surface area (Å²) < 4.78 is 0. The van der Waals surface area contributed by atoms with Crippen LogP contribution in [0.25, 0.3) is 0 Å². The predicted octanol–water partition coefficient (Wildman–Crippen LogP) is 2.18. The first-order valence-corrected chi connectivity index (χ1v) is 5.44. The Morgan fingerprint density at radius 2 is 1.86 bits per heavy atom. The molecule has 0 fully saturated rings. The van der Waals surface area contributed by atoms with Crippen LogP contribution in [0.5, 0.6) is 0 Å². The van der Waals surface area contributed by atoms with Gasteiger partial charge in [0.05, 0.1) is 0 Å². The van der Waals surface area contributed by atoms with Crippen LogP contribution in [0.4, 0.5) is 0 Å². The van der Waals surface area contributed by atoms with Crippen LogP contribution in [0.1, 0.15) is 26.2 Å². The van der Waals surface area contributed by atoms with E-state index in [1.807, 2.05) is 12.2 Å². The third-order valence-electron chi connectivity index (χ3n) is 2.20. The summed E-state index contributed by atoms with van der Waals surface area (Å²) in [5, 5.41) is 0. The molecule has 1 atom stereocenters. The zero-order valence-electron chi connectivity index (χ0n) is 9.41. The minimum absolute atomic E-state index is 0.287. The van der Waals surface area contributed by atoms with Crippen molar-refractivity contribution < 1.29 is 0 Å². The SMILES string of the molecule is C=CCN(CC=C)CC(N)CCCC. The summed E-state index contributed by atoms with van der Waals surface area (Å²) in [7, 11) is 0. The fourth-order valence-corrected chi connectivity index (χ4v) is 1.48. The first-order valence-electron chi connectivity index (χ1n) is 5.44. The van der Waals surface area contributed by atoms with Crippen LogP contribution < -0.4 is 5.73 Å². The van der Waals surface area contributed by atoms with Gasteiger partial charge in [0.25, 0.3) is 0 Å². The van der Waals surface area contributed by atoms with Gasteiger partial charge in [-0.05, 0) is 6.42 Å². The van der Waals surface area contributed by atoms with E-state index in [1.54, 1.807) is 0 Å². The molecule has 2 N–H and O–H groups in total. The Morgan fingerprint density at radius 1 is 1.29 bits per heavy atom. The molecule has 82 valence electrons. The zero-order chi connectivity index (χ0) is 10.8. The first-order chi connectivity index (χ1) is 6.74. The maximum atomic E-state index is 6.01. The van der Waals surface area contributed by atoms with Crippen molar-refractivity contribution in [2.45, 2.75) is 32.2 Å². The molecule has 0 aliphatic rings. The topological polar surface area (TPSA) is 29.3 Å². The third-order valence-corrected chi connectivity index (χ3v) is 2.20. The lowest BCUT2D eigenvalue weighted by Gasteiger charge is -2.22. The molecule has 0 saturated carbocycles. The fourth-order valence-electron chi connectivity index (χ4n) is 1.48. The van der Waals surface area contributed by atoms with E-state index in [9.17, 15) is 0 Å². The highest BCUT2D eigenvalue weighted by molar-refractivity contribution is 4.81. The Kier molecular flexibility index (Phi) is 8.59. The lowest BCUT2D eigenvalue weighted by atomic mass is 10.1. The van der Waals surface area contributed by atoms with Gasteiger partial charge in [-0.2, -0.15) is 0 Å². The molecule has 0 bridgehead atoms. The lowest BCUT2D eigenvalue weighted by molar-refractivity contribution is 0.302. The van der Waals surface area contributed by atoms with Crippen LogP contribution in [0.2, 0.25) is 0 Å². The summed E-state index contributed by atoms with van der Waals surface area (Å²) in [6.07, 6.45) is 7.38. The van der Waals surface area contributed by atoms with Gasteiger partial charge in [-0.3, -0.25) is 4.90 Å². The van der Waals surface area contributed by atoms with E-state index in [2.05, 4.69) is 25.0 Å². The highest BCUT2D eigenvalue weighted by Crippen LogP contribution is 2.01. The van der Waals surface area contributed by atoms with Crippen LogP contribution in [0, 0.1) is 0 Å². The lowest BCUT2D eigenvalue weighted by Crippen LogP contribution is -2.37. The van der Waals surface area contributed by atoms with E-state index in [0.29, 0.717) is 0 Å². The Balaban J connectivity index is 3.75. The number of hydrogen-bond acceptors (Lipinski definition) is 2. The van der Waals surface area contributed by atoms with Crippen molar-refractivity contribution in [3.05, 3.63) is 25.3 Å². The molecule has 0 heterocycles. The van der Waals surface area contributed by atoms with Gasteiger partial charge in [0.15, 0.2) is 0 Å².